The normalized spacial score (nSPS) is 10.2. The number of ether oxygens (including phenoxy) is 1. The van der Waals surface area contributed by atoms with Crippen LogP contribution in [-0.4, -0.2) is 18.0 Å². The number of halogens is 1. The molecule has 0 aliphatic heterocycles. The zero-order valence-electron chi connectivity index (χ0n) is 9.14. The van der Waals surface area contributed by atoms with E-state index in [1.807, 2.05) is 6.92 Å². The van der Waals surface area contributed by atoms with E-state index in [-0.39, 0.29) is 11.5 Å². The first kappa shape index (κ1) is 12.0. The van der Waals surface area contributed by atoms with Crippen LogP contribution in [0.4, 0.5) is 0 Å². The van der Waals surface area contributed by atoms with Gasteiger partial charge in [-0.3, -0.25) is 4.79 Å². The molecular formula is C11H13BrO3. The van der Waals surface area contributed by atoms with E-state index in [9.17, 15) is 9.90 Å². The zero-order chi connectivity index (χ0) is 11.7. The third-order valence-electron chi connectivity index (χ3n) is 2.38. The Balaban J connectivity index is 3.68. The highest BCUT2D eigenvalue weighted by molar-refractivity contribution is 9.10. The molecule has 0 amide bonds. The Kier molecular flexibility index (Phi) is 3.39. The van der Waals surface area contributed by atoms with Crippen LogP contribution in [0.25, 0.3) is 0 Å². The van der Waals surface area contributed by atoms with Crippen molar-refractivity contribution in [1.29, 1.82) is 0 Å². The van der Waals surface area contributed by atoms with Gasteiger partial charge in [-0.05, 0) is 26.3 Å². The highest BCUT2D eigenvalue weighted by Crippen LogP contribution is 2.41. The lowest BCUT2D eigenvalue weighted by Gasteiger charge is -2.15. The monoisotopic (exact) mass is 272 g/mol. The number of aromatic hydroxyl groups is 1. The topological polar surface area (TPSA) is 46.5 Å². The third kappa shape index (κ3) is 1.86. The van der Waals surface area contributed by atoms with Gasteiger partial charge in [-0.25, -0.2) is 0 Å². The quantitative estimate of drug-likeness (QED) is 0.842. The van der Waals surface area contributed by atoms with Gasteiger partial charge in [0.05, 0.1) is 12.7 Å². The fourth-order valence-corrected chi connectivity index (χ4v) is 2.02. The first-order valence-corrected chi connectivity index (χ1v) is 5.27. The number of hydrogen-bond acceptors (Lipinski definition) is 3. The molecule has 0 aliphatic rings. The molecule has 0 fully saturated rings. The average molecular weight is 273 g/mol. The third-order valence-corrected chi connectivity index (χ3v) is 3.57. The fourth-order valence-electron chi connectivity index (χ4n) is 1.64. The Labute approximate surface area is 97.2 Å². The molecule has 0 bridgehead atoms. The van der Waals surface area contributed by atoms with Crippen molar-refractivity contribution in [3.8, 4) is 11.5 Å². The summed E-state index contributed by atoms with van der Waals surface area (Å²) in [5, 5.41) is 9.88. The number of Topliss-reactive ketones (excluding diaryl/α,β-unsaturated/α-hetero) is 1. The Morgan fingerprint density at radius 2 is 1.87 bits per heavy atom. The minimum Gasteiger partial charge on any atom is -0.504 e. The summed E-state index contributed by atoms with van der Waals surface area (Å²) in [6, 6.07) is 0. The van der Waals surface area contributed by atoms with Crippen molar-refractivity contribution in [3.63, 3.8) is 0 Å². The Bertz CT molecular complexity index is 425. The van der Waals surface area contributed by atoms with Crippen LogP contribution in [0.3, 0.4) is 0 Å². The summed E-state index contributed by atoms with van der Waals surface area (Å²) in [5.74, 6) is 0.0878. The highest BCUT2D eigenvalue weighted by Gasteiger charge is 2.20. The molecule has 15 heavy (non-hydrogen) atoms. The maximum Gasteiger partial charge on any atom is 0.169 e. The van der Waals surface area contributed by atoms with E-state index in [0.29, 0.717) is 11.3 Å². The predicted octanol–water partition coefficient (Wildman–Crippen LogP) is 2.98. The van der Waals surface area contributed by atoms with Crippen molar-refractivity contribution >= 4 is 21.7 Å². The number of phenols is 1. The van der Waals surface area contributed by atoms with E-state index in [2.05, 4.69) is 15.9 Å². The van der Waals surface area contributed by atoms with Gasteiger partial charge in [0.25, 0.3) is 0 Å². The van der Waals surface area contributed by atoms with Gasteiger partial charge in [-0.15, -0.1) is 0 Å². The number of hydrogen-bond donors (Lipinski definition) is 1. The summed E-state index contributed by atoms with van der Waals surface area (Å²) in [6.45, 7) is 5.02. The molecule has 0 saturated heterocycles. The second-order valence-corrected chi connectivity index (χ2v) is 4.17. The molecule has 3 nitrogen and oxygen atoms in total. The summed E-state index contributed by atoms with van der Waals surface area (Å²) >= 11 is 3.38. The van der Waals surface area contributed by atoms with E-state index >= 15 is 0 Å². The van der Waals surface area contributed by atoms with Crippen molar-refractivity contribution in [3.05, 3.63) is 21.2 Å². The molecule has 1 aromatic rings. The maximum atomic E-state index is 11.4. The first-order chi connectivity index (χ1) is 6.91. The van der Waals surface area contributed by atoms with Gasteiger partial charge >= 0.3 is 0 Å². The molecule has 0 aromatic heterocycles. The summed E-state index contributed by atoms with van der Waals surface area (Å²) in [4.78, 5) is 11.4. The number of methoxy groups -OCH3 is 1. The van der Waals surface area contributed by atoms with Crippen LogP contribution in [0, 0.1) is 13.8 Å². The van der Waals surface area contributed by atoms with Crippen molar-refractivity contribution in [2.75, 3.05) is 7.11 Å². The van der Waals surface area contributed by atoms with Gasteiger partial charge in [0.2, 0.25) is 0 Å². The van der Waals surface area contributed by atoms with E-state index in [0.717, 1.165) is 15.6 Å². The zero-order valence-corrected chi connectivity index (χ0v) is 10.7. The van der Waals surface area contributed by atoms with Gasteiger partial charge in [0.1, 0.15) is 0 Å². The van der Waals surface area contributed by atoms with E-state index in [4.69, 9.17) is 4.74 Å². The van der Waals surface area contributed by atoms with Gasteiger partial charge in [0, 0.05) is 10.0 Å². The van der Waals surface area contributed by atoms with E-state index < -0.39 is 0 Å². The van der Waals surface area contributed by atoms with Gasteiger partial charge < -0.3 is 9.84 Å². The van der Waals surface area contributed by atoms with Crippen LogP contribution in [0.1, 0.15) is 28.4 Å². The number of carbonyl (C=O) groups excluding carboxylic acids is 1. The number of rotatable bonds is 2. The lowest BCUT2D eigenvalue weighted by atomic mass is 10.0. The molecule has 4 heteroatoms. The molecule has 0 aliphatic carbocycles. The van der Waals surface area contributed by atoms with Crippen molar-refractivity contribution in [2.45, 2.75) is 20.8 Å². The highest BCUT2D eigenvalue weighted by atomic mass is 79.9. The van der Waals surface area contributed by atoms with Crippen LogP contribution in [-0.2, 0) is 0 Å². The van der Waals surface area contributed by atoms with E-state index in [1.54, 1.807) is 6.92 Å². The number of phenolic OH excluding ortho intramolecular Hbond substituents is 1. The Hall–Kier alpha value is -1.03. The Morgan fingerprint density at radius 1 is 1.33 bits per heavy atom. The minimum absolute atomic E-state index is 0.0804. The standard InChI is InChI=1S/C11H13BrO3/c1-5-8(7(3)13)10(14)11(15-4)6(2)9(5)12/h14H,1-4H3. The van der Waals surface area contributed by atoms with Gasteiger partial charge in [0.15, 0.2) is 17.3 Å². The number of ketones is 1. The Morgan fingerprint density at radius 3 is 2.27 bits per heavy atom. The molecule has 1 rings (SSSR count). The van der Waals surface area contributed by atoms with E-state index in [1.165, 1.54) is 14.0 Å². The minimum atomic E-state index is -0.177. The van der Waals surface area contributed by atoms with Gasteiger partial charge in [-0.2, -0.15) is 0 Å². The van der Waals surface area contributed by atoms with Crippen molar-refractivity contribution in [1.82, 2.24) is 0 Å². The van der Waals surface area contributed by atoms with Gasteiger partial charge in [-0.1, -0.05) is 15.9 Å². The summed E-state index contributed by atoms with van der Waals surface area (Å²) in [7, 11) is 1.47. The number of benzene rings is 1. The molecular weight excluding hydrogens is 260 g/mol. The predicted molar refractivity (Wildman–Crippen MR) is 61.8 cm³/mol. The first-order valence-electron chi connectivity index (χ1n) is 4.48. The summed E-state index contributed by atoms with van der Waals surface area (Å²) in [5.41, 5.74) is 1.83. The van der Waals surface area contributed by atoms with Crippen LogP contribution in [0.15, 0.2) is 4.47 Å². The van der Waals surface area contributed by atoms with Crippen LogP contribution in [0.5, 0.6) is 11.5 Å². The molecule has 82 valence electrons. The smallest absolute Gasteiger partial charge is 0.169 e. The lowest BCUT2D eigenvalue weighted by Crippen LogP contribution is -2.02. The van der Waals surface area contributed by atoms with Crippen molar-refractivity contribution < 1.29 is 14.6 Å². The second-order valence-electron chi connectivity index (χ2n) is 3.38. The molecule has 1 aromatic carbocycles. The second kappa shape index (κ2) is 4.23. The van der Waals surface area contributed by atoms with Crippen molar-refractivity contribution in [2.24, 2.45) is 0 Å². The molecule has 0 radical (unpaired) electrons. The molecule has 1 N–H and O–H groups in total. The summed E-state index contributed by atoms with van der Waals surface area (Å²) < 4.78 is 5.86. The van der Waals surface area contributed by atoms with Crippen LogP contribution >= 0.6 is 15.9 Å². The molecule has 0 unspecified atom stereocenters. The fraction of sp³-hybridized carbons (Fsp3) is 0.364. The van der Waals surface area contributed by atoms with Crippen LogP contribution < -0.4 is 4.74 Å². The molecule has 0 heterocycles. The molecule has 0 atom stereocenters. The summed E-state index contributed by atoms with van der Waals surface area (Å²) in [6.07, 6.45) is 0. The molecule has 0 spiro atoms. The average Bonchev–Trinajstić information content (AvgIpc) is 2.15. The lowest BCUT2D eigenvalue weighted by molar-refractivity contribution is 0.101. The number of carbonyl (C=O) groups is 1. The maximum absolute atomic E-state index is 11.4. The van der Waals surface area contributed by atoms with Crippen LogP contribution in [0.2, 0.25) is 0 Å². The molecule has 0 saturated carbocycles. The SMILES string of the molecule is COc1c(C)c(Br)c(C)c(C(C)=O)c1O. The largest absolute Gasteiger partial charge is 0.504 e.